The molecule has 1 aromatic carbocycles. The first-order valence-corrected chi connectivity index (χ1v) is 3.76. The van der Waals surface area contributed by atoms with Gasteiger partial charge in [0.15, 0.2) is 17.9 Å². The minimum atomic E-state index is -1.21. The first-order chi connectivity index (χ1) is 6.54. The number of carbonyl (C=O) groups is 2. The molecule has 0 bridgehead atoms. The molecule has 0 aliphatic carbocycles. The maximum atomic E-state index is 12.8. The van der Waals surface area contributed by atoms with Gasteiger partial charge < -0.3 is 5.32 Å². The third kappa shape index (κ3) is 2.12. The number of benzene rings is 1. The average Bonchev–Trinajstić information content (AvgIpc) is 2.10. The van der Waals surface area contributed by atoms with Crippen LogP contribution in [-0.2, 0) is 4.79 Å². The first kappa shape index (κ1) is 10.3. The molecule has 0 saturated heterocycles. The van der Waals surface area contributed by atoms with Crippen molar-refractivity contribution in [2.45, 2.75) is 6.92 Å². The molecule has 0 saturated carbocycles. The van der Waals surface area contributed by atoms with Crippen molar-refractivity contribution in [1.82, 2.24) is 0 Å². The largest absolute Gasteiger partial charge is 0.326 e. The first-order valence-electron chi connectivity index (χ1n) is 3.76. The Hall–Kier alpha value is -1.78. The Bertz CT molecular complexity index is 391. The number of anilines is 1. The topological polar surface area (TPSA) is 46.2 Å². The molecule has 0 aromatic heterocycles. The molecule has 1 rings (SSSR count). The second kappa shape index (κ2) is 3.95. The smallest absolute Gasteiger partial charge is 0.221 e. The summed E-state index contributed by atoms with van der Waals surface area (Å²) in [7, 11) is 0. The molecule has 0 heterocycles. The second-order valence-electron chi connectivity index (χ2n) is 2.66. The molecule has 1 amide bonds. The van der Waals surface area contributed by atoms with Crippen molar-refractivity contribution in [1.29, 1.82) is 0 Å². The van der Waals surface area contributed by atoms with Crippen LogP contribution in [0.1, 0.15) is 17.3 Å². The predicted molar refractivity (Wildman–Crippen MR) is 46.0 cm³/mol. The molecule has 0 atom stereocenters. The molecule has 0 aliphatic rings. The van der Waals surface area contributed by atoms with E-state index in [2.05, 4.69) is 5.32 Å². The van der Waals surface area contributed by atoms with E-state index in [4.69, 9.17) is 0 Å². The summed E-state index contributed by atoms with van der Waals surface area (Å²) in [6.07, 6.45) is 0.184. The van der Waals surface area contributed by atoms with E-state index in [0.29, 0.717) is 0 Å². The van der Waals surface area contributed by atoms with Crippen LogP contribution in [0.4, 0.5) is 14.5 Å². The van der Waals surface area contributed by atoms with E-state index in [1.54, 1.807) is 0 Å². The molecule has 3 nitrogen and oxygen atoms in total. The van der Waals surface area contributed by atoms with E-state index in [-0.39, 0.29) is 12.0 Å². The Kier molecular flexibility index (Phi) is 2.91. The van der Waals surface area contributed by atoms with Gasteiger partial charge in [0, 0.05) is 18.7 Å². The lowest BCUT2D eigenvalue weighted by Crippen LogP contribution is -2.07. The van der Waals surface area contributed by atoms with Crippen LogP contribution in [0.15, 0.2) is 12.1 Å². The van der Waals surface area contributed by atoms with Crippen LogP contribution in [0.3, 0.4) is 0 Å². The molecular formula is C9H7F2NO2. The normalized spacial score (nSPS) is 9.64. The maximum Gasteiger partial charge on any atom is 0.221 e. The summed E-state index contributed by atoms with van der Waals surface area (Å²) in [6, 6.07) is 1.87. The highest BCUT2D eigenvalue weighted by Gasteiger charge is 2.10. The fourth-order valence-corrected chi connectivity index (χ4v) is 0.972. The molecule has 0 fully saturated rings. The van der Waals surface area contributed by atoms with Crippen molar-refractivity contribution in [3.63, 3.8) is 0 Å². The van der Waals surface area contributed by atoms with Crippen LogP contribution in [0.25, 0.3) is 0 Å². The monoisotopic (exact) mass is 199 g/mol. The van der Waals surface area contributed by atoms with Crippen LogP contribution in [0.2, 0.25) is 0 Å². The molecule has 0 radical (unpaired) electrons. The van der Waals surface area contributed by atoms with Crippen molar-refractivity contribution >= 4 is 17.9 Å². The van der Waals surface area contributed by atoms with Gasteiger partial charge in [-0.15, -0.1) is 0 Å². The van der Waals surface area contributed by atoms with Crippen LogP contribution in [-0.4, -0.2) is 12.2 Å². The van der Waals surface area contributed by atoms with Crippen molar-refractivity contribution in [2.75, 3.05) is 5.32 Å². The average molecular weight is 199 g/mol. The molecule has 0 aliphatic heterocycles. The summed E-state index contributed by atoms with van der Waals surface area (Å²) in [5, 5.41) is 2.24. The van der Waals surface area contributed by atoms with E-state index >= 15 is 0 Å². The van der Waals surface area contributed by atoms with Gasteiger partial charge in [-0.05, 0) is 6.07 Å². The highest BCUT2D eigenvalue weighted by atomic mass is 19.2. The number of hydrogen-bond donors (Lipinski definition) is 1. The Labute approximate surface area is 78.7 Å². The van der Waals surface area contributed by atoms with Gasteiger partial charge in [0.05, 0.1) is 5.56 Å². The summed E-state index contributed by atoms with van der Waals surface area (Å²) < 4.78 is 25.6. The highest BCUT2D eigenvalue weighted by Crippen LogP contribution is 2.17. The lowest BCUT2D eigenvalue weighted by molar-refractivity contribution is -0.114. The van der Waals surface area contributed by atoms with Gasteiger partial charge in [-0.2, -0.15) is 0 Å². The number of hydrogen-bond acceptors (Lipinski definition) is 2. The number of aldehydes is 1. The minimum Gasteiger partial charge on any atom is -0.326 e. The third-order valence-corrected chi connectivity index (χ3v) is 1.50. The fraction of sp³-hybridized carbons (Fsp3) is 0.111. The fourth-order valence-electron chi connectivity index (χ4n) is 0.972. The van der Waals surface area contributed by atoms with E-state index < -0.39 is 23.1 Å². The van der Waals surface area contributed by atoms with Gasteiger partial charge in [0.25, 0.3) is 0 Å². The molecule has 1 N–H and O–H groups in total. The van der Waals surface area contributed by atoms with Crippen molar-refractivity contribution in [2.24, 2.45) is 0 Å². The van der Waals surface area contributed by atoms with Crippen molar-refractivity contribution in [3.05, 3.63) is 29.3 Å². The van der Waals surface area contributed by atoms with Crippen LogP contribution in [0.5, 0.6) is 0 Å². The number of rotatable bonds is 2. The molecule has 0 unspecified atom stereocenters. The van der Waals surface area contributed by atoms with E-state index in [0.717, 1.165) is 12.1 Å². The van der Waals surface area contributed by atoms with Crippen LogP contribution >= 0.6 is 0 Å². The summed E-state index contributed by atoms with van der Waals surface area (Å²) in [4.78, 5) is 20.9. The van der Waals surface area contributed by atoms with Crippen molar-refractivity contribution in [3.8, 4) is 0 Å². The van der Waals surface area contributed by atoms with Crippen molar-refractivity contribution < 1.29 is 18.4 Å². The minimum absolute atomic E-state index is 0.0542. The molecule has 1 aromatic rings. The number of nitrogens with one attached hydrogen (secondary N) is 1. The van der Waals surface area contributed by atoms with Gasteiger partial charge in [0.1, 0.15) is 0 Å². The van der Waals surface area contributed by atoms with E-state index in [1.807, 2.05) is 0 Å². The SMILES string of the molecule is CC(=O)Nc1cc(F)c(F)c(C=O)c1. The molecule has 14 heavy (non-hydrogen) atoms. The Morgan fingerprint density at radius 3 is 2.57 bits per heavy atom. The zero-order chi connectivity index (χ0) is 10.7. The lowest BCUT2D eigenvalue weighted by Gasteiger charge is -2.03. The summed E-state index contributed by atoms with van der Waals surface area (Å²) in [5.41, 5.74) is -0.368. The molecular weight excluding hydrogens is 192 g/mol. The quantitative estimate of drug-likeness (QED) is 0.737. The maximum absolute atomic E-state index is 12.8. The third-order valence-electron chi connectivity index (χ3n) is 1.50. The Morgan fingerprint density at radius 2 is 2.07 bits per heavy atom. The summed E-state index contributed by atoms with van der Waals surface area (Å²) in [5.74, 6) is -2.81. The van der Waals surface area contributed by atoms with Gasteiger partial charge >= 0.3 is 0 Å². The molecule has 0 spiro atoms. The number of halogens is 2. The Balaban J connectivity index is 3.15. The predicted octanol–water partition coefficient (Wildman–Crippen LogP) is 1.74. The van der Waals surface area contributed by atoms with Crippen LogP contribution in [0, 0.1) is 11.6 Å². The Morgan fingerprint density at radius 1 is 1.43 bits per heavy atom. The van der Waals surface area contributed by atoms with Gasteiger partial charge in [0.2, 0.25) is 5.91 Å². The summed E-state index contributed by atoms with van der Waals surface area (Å²) in [6.45, 7) is 1.22. The van der Waals surface area contributed by atoms with Gasteiger partial charge in [-0.1, -0.05) is 0 Å². The second-order valence-corrected chi connectivity index (χ2v) is 2.66. The number of carbonyl (C=O) groups excluding carboxylic acids is 2. The van der Waals surface area contributed by atoms with Gasteiger partial charge in [-0.3, -0.25) is 9.59 Å². The van der Waals surface area contributed by atoms with Crippen LogP contribution < -0.4 is 5.32 Å². The standard InChI is InChI=1S/C9H7F2NO2/c1-5(14)12-7-2-6(4-13)9(11)8(10)3-7/h2-4H,1H3,(H,12,14). The molecule has 5 heteroatoms. The zero-order valence-corrected chi connectivity index (χ0v) is 7.30. The highest BCUT2D eigenvalue weighted by molar-refractivity contribution is 5.90. The summed E-state index contributed by atoms with van der Waals surface area (Å²) >= 11 is 0. The zero-order valence-electron chi connectivity index (χ0n) is 7.30. The van der Waals surface area contributed by atoms with Gasteiger partial charge in [-0.25, -0.2) is 8.78 Å². The van der Waals surface area contributed by atoms with E-state index in [9.17, 15) is 18.4 Å². The number of amides is 1. The lowest BCUT2D eigenvalue weighted by atomic mass is 10.2. The van der Waals surface area contributed by atoms with E-state index in [1.165, 1.54) is 6.92 Å². The molecule has 74 valence electrons.